The Morgan fingerprint density at radius 2 is 1.73 bits per heavy atom. The highest BCUT2D eigenvalue weighted by atomic mass is 16.5. The third-order valence-electron chi connectivity index (χ3n) is 3.71. The molecule has 2 aromatic carbocycles. The highest BCUT2D eigenvalue weighted by Crippen LogP contribution is 2.20. The summed E-state index contributed by atoms with van der Waals surface area (Å²) in [5.74, 6) is -0.161. The highest BCUT2D eigenvalue weighted by molar-refractivity contribution is 6.05. The van der Waals surface area contributed by atoms with E-state index in [1.165, 1.54) is 0 Å². The maximum absolute atomic E-state index is 12.3. The summed E-state index contributed by atoms with van der Waals surface area (Å²) in [4.78, 5) is 14.5. The molecule has 0 bridgehead atoms. The monoisotopic (exact) mass is 297 g/mol. The van der Waals surface area contributed by atoms with Crippen molar-refractivity contribution >= 4 is 23.0 Å². The van der Waals surface area contributed by atoms with Crippen molar-refractivity contribution in [2.45, 2.75) is 0 Å². The van der Waals surface area contributed by atoms with Crippen LogP contribution in [0, 0.1) is 0 Å². The van der Waals surface area contributed by atoms with Crippen LogP contribution in [0.1, 0.15) is 10.4 Å². The van der Waals surface area contributed by atoms with Crippen molar-refractivity contribution in [2.75, 3.05) is 42.3 Å². The Hall–Kier alpha value is -2.53. The van der Waals surface area contributed by atoms with Gasteiger partial charge in [0.15, 0.2) is 0 Å². The Labute approximate surface area is 129 Å². The van der Waals surface area contributed by atoms with Gasteiger partial charge >= 0.3 is 0 Å². The maximum Gasteiger partial charge on any atom is 0.255 e. The predicted octanol–water partition coefficient (Wildman–Crippen LogP) is 2.36. The van der Waals surface area contributed by atoms with E-state index in [1.54, 1.807) is 12.1 Å². The lowest BCUT2D eigenvalue weighted by molar-refractivity contribution is 0.102. The number of nitrogen functional groups attached to an aromatic ring is 1. The van der Waals surface area contributed by atoms with Crippen LogP contribution in [0.2, 0.25) is 0 Å². The quantitative estimate of drug-likeness (QED) is 0.853. The van der Waals surface area contributed by atoms with Gasteiger partial charge in [0.25, 0.3) is 5.91 Å². The van der Waals surface area contributed by atoms with E-state index >= 15 is 0 Å². The molecule has 0 radical (unpaired) electrons. The molecule has 5 heteroatoms. The highest BCUT2D eigenvalue weighted by Gasteiger charge is 2.12. The summed E-state index contributed by atoms with van der Waals surface area (Å²) in [6, 6.07) is 14.8. The minimum atomic E-state index is -0.161. The number of amides is 1. The Morgan fingerprint density at radius 3 is 2.41 bits per heavy atom. The zero-order valence-electron chi connectivity index (χ0n) is 12.3. The number of nitrogens with one attached hydrogen (secondary N) is 1. The molecule has 1 amide bonds. The van der Waals surface area contributed by atoms with Crippen LogP contribution in [-0.4, -0.2) is 32.2 Å². The normalized spacial score (nSPS) is 14.6. The zero-order valence-corrected chi connectivity index (χ0v) is 12.3. The summed E-state index contributed by atoms with van der Waals surface area (Å²) in [6.07, 6.45) is 0. The molecule has 3 rings (SSSR count). The molecule has 1 aliphatic rings. The average Bonchev–Trinajstić information content (AvgIpc) is 2.58. The second-order valence-electron chi connectivity index (χ2n) is 5.19. The van der Waals surface area contributed by atoms with Crippen molar-refractivity contribution < 1.29 is 9.53 Å². The molecule has 0 saturated carbocycles. The minimum Gasteiger partial charge on any atom is -0.397 e. The summed E-state index contributed by atoms with van der Waals surface area (Å²) in [6.45, 7) is 3.25. The molecule has 0 aliphatic carbocycles. The molecule has 1 heterocycles. The van der Waals surface area contributed by atoms with E-state index in [-0.39, 0.29) is 5.91 Å². The van der Waals surface area contributed by atoms with Crippen LogP contribution in [0.15, 0.2) is 48.5 Å². The first-order valence-electron chi connectivity index (χ1n) is 7.32. The Morgan fingerprint density at radius 1 is 1.05 bits per heavy atom. The van der Waals surface area contributed by atoms with Gasteiger partial charge in [0.2, 0.25) is 0 Å². The number of benzene rings is 2. The molecule has 0 unspecified atom stereocenters. The summed E-state index contributed by atoms with van der Waals surface area (Å²) in [7, 11) is 0. The molecule has 0 atom stereocenters. The summed E-state index contributed by atoms with van der Waals surface area (Å²) < 4.78 is 5.34. The second kappa shape index (κ2) is 6.49. The lowest BCUT2D eigenvalue weighted by Crippen LogP contribution is -2.36. The van der Waals surface area contributed by atoms with Gasteiger partial charge in [-0.25, -0.2) is 0 Å². The topological polar surface area (TPSA) is 67.6 Å². The first kappa shape index (κ1) is 14.4. The molecule has 1 aliphatic heterocycles. The number of ether oxygens (including phenoxy) is 1. The van der Waals surface area contributed by atoms with Gasteiger partial charge in [-0.15, -0.1) is 0 Å². The van der Waals surface area contributed by atoms with Gasteiger partial charge < -0.3 is 20.7 Å². The number of hydrogen-bond donors (Lipinski definition) is 2. The van der Waals surface area contributed by atoms with Crippen LogP contribution >= 0.6 is 0 Å². The molecule has 0 spiro atoms. The number of rotatable bonds is 3. The van der Waals surface area contributed by atoms with Gasteiger partial charge in [-0.1, -0.05) is 12.1 Å². The van der Waals surface area contributed by atoms with Crippen molar-refractivity contribution in [3.05, 3.63) is 54.1 Å². The fourth-order valence-corrected chi connectivity index (χ4v) is 2.45. The number of hydrogen-bond acceptors (Lipinski definition) is 4. The fraction of sp³-hybridized carbons (Fsp3) is 0.235. The Kier molecular flexibility index (Phi) is 4.25. The lowest BCUT2D eigenvalue weighted by atomic mass is 10.1. The van der Waals surface area contributed by atoms with E-state index in [0.717, 1.165) is 32.0 Å². The van der Waals surface area contributed by atoms with Crippen molar-refractivity contribution in [1.82, 2.24) is 0 Å². The van der Waals surface area contributed by atoms with E-state index in [9.17, 15) is 4.79 Å². The lowest BCUT2D eigenvalue weighted by Gasteiger charge is -2.28. The fourth-order valence-electron chi connectivity index (χ4n) is 2.45. The number of morpholine rings is 1. The smallest absolute Gasteiger partial charge is 0.255 e. The maximum atomic E-state index is 12.3. The van der Waals surface area contributed by atoms with E-state index in [2.05, 4.69) is 10.2 Å². The van der Waals surface area contributed by atoms with Gasteiger partial charge in [-0.05, 0) is 36.4 Å². The number of nitrogens with two attached hydrogens (primary N) is 1. The van der Waals surface area contributed by atoms with Crippen molar-refractivity contribution in [3.8, 4) is 0 Å². The van der Waals surface area contributed by atoms with E-state index in [0.29, 0.717) is 16.9 Å². The van der Waals surface area contributed by atoms with E-state index in [1.807, 2.05) is 36.4 Å². The molecule has 114 valence electrons. The first-order valence-corrected chi connectivity index (χ1v) is 7.32. The minimum absolute atomic E-state index is 0.161. The Bertz CT molecular complexity index is 649. The number of anilines is 3. The number of nitrogens with zero attached hydrogens (tertiary/aromatic N) is 1. The van der Waals surface area contributed by atoms with Gasteiger partial charge in [0, 0.05) is 24.3 Å². The molecule has 0 aromatic heterocycles. The van der Waals surface area contributed by atoms with Crippen molar-refractivity contribution in [2.24, 2.45) is 0 Å². The number of carbonyl (C=O) groups is 1. The molecule has 3 N–H and O–H groups in total. The van der Waals surface area contributed by atoms with Gasteiger partial charge in [0.1, 0.15) is 0 Å². The first-order chi connectivity index (χ1) is 10.7. The van der Waals surface area contributed by atoms with E-state index in [4.69, 9.17) is 10.5 Å². The van der Waals surface area contributed by atoms with Gasteiger partial charge in [0.05, 0.1) is 24.6 Å². The van der Waals surface area contributed by atoms with E-state index < -0.39 is 0 Å². The third kappa shape index (κ3) is 3.20. The predicted molar refractivity (Wildman–Crippen MR) is 88.3 cm³/mol. The summed E-state index contributed by atoms with van der Waals surface area (Å²) >= 11 is 0. The molecule has 1 saturated heterocycles. The van der Waals surface area contributed by atoms with Crippen LogP contribution in [0.25, 0.3) is 0 Å². The van der Waals surface area contributed by atoms with Crippen molar-refractivity contribution in [1.29, 1.82) is 0 Å². The molecule has 2 aromatic rings. The molecule has 22 heavy (non-hydrogen) atoms. The summed E-state index contributed by atoms with van der Waals surface area (Å²) in [5, 5.41) is 2.83. The molecular weight excluding hydrogens is 278 g/mol. The van der Waals surface area contributed by atoms with Crippen LogP contribution in [0.3, 0.4) is 0 Å². The zero-order chi connectivity index (χ0) is 15.4. The third-order valence-corrected chi connectivity index (χ3v) is 3.71. The van der Waals surface area contributed by atoms with Gasteiger partial charge in [-0.3, -0.25) is 4.79 Å². The van der Waals surface area contributed by atoms with Gasteiger partial charge in [-0.2, -0.15) is 0 Å². The number of carbonyl (C=O) groups excluding carboxylic acids is 1. The molecular formula is C17H19N3O2. The van der Waals surface area contributed by atoms with Crippen LogP contribution in [0.5, 0.6) is 0 Å². The van der Waals surface area contributed by atoms with Crippen LogP contribution < -0.4 is 16.0 Å². The largest absolute Gasteiger partial charge is 0.397 e. The van der Waals surface area contributed by atoms with Crippen molar-refractivity contribution in [3.63, 3.8) is 0 Å². The second-order valence-corrected chi connectivity index (χ2v) is 5.19. The summed E-state index contributed by atoms with van der Waals surface area (Å²) in [5.41, 5.74) is 8.74. The number of para-hydroxylation sites is 2. The van der Waals surface area contributed by atoms with Crippen LogP contribution in [0.4, 0.5) is 17.1 Å². The standard InChI is InChI=1S/C17H19N3O2/c18-15-3-1-2-4-16(15)19-17(21)13-5-7-14(8-6-13)20-9-11-22-12-10-20/h1-8H,9-12,18H2,(H,19,21). The molecule has 1 fully saturated rings. The average molecular weight is 297 g/mol. The molecule has 5 nitrogen and oxygen atoms in total. The Balaban J connectivity index is 1.69. The van der Waals surface area contributed by atoms with Crippen LogP contribution in [-0.2, 0) is 4.74 Å². The SMILES string of the molecule is Nc1ccccc1NC(=O)c1ccc(N2CCOCC2)cc1.